The molecule has 0 saturated heterocycles. The number of esters is 2. The number of unbranched alkanes of at least 4 members (excludes halogenated alkanes) is 10. The molecule has 0 radical (unpaired) electrons. The fourth-order valence-corrected chi connectivity index (χ4v) is 4.02. The second kappa shape index (κ2) is 18.9. The normalized spacial score (nSPS) is 18.7. The van der Waals surface area contributed by atoms with Crippen LogP contribution in [0, 0.1) is 11.8 Å². The highest BCUT2D eigenvalue weighted by molar-refractivity contribution is 5.82. The summed E-state index contributed by atoms with van der Waals surface area (Å²) in [6.07, 6.45) is 17.6. The number of carbonyl (C=O) groups excluding carboxylic acids is 2. The van der Waals surface area contributed by atoms with Crippen molar-refractivity contribution >= 4 is 11.9 Å². The summed E-state index contributed by atoms with van der Waals surface area (Å²) in [6.45, 7) is 5.39. The second-order valence-electron chi connectivity index (χ2n) is 8.37. The van der Waals surface area contributed by atoms with E-state index in [0.717, 1.165) is 51.4 Å². The zero-order valence-corrected chi connectivity index (χ0v) is 19.0. The Morgan fingerprint density at radius 2 is 0.966 bits per heavy atom. The molecule has 0 aromatic rings. The molecule has 1 aliphatic carbocycles. The van der Waals surface area contributed by atoms with E-state index >= 15 is 0 Å². The summed E-state index contributed by atoms with van der Waals surface area (Å²) in [6, 6.07) is 0. The van der Waals surface area contributed by atoms with E-state index in [2.05, 4.69) is 13.8 Å². The first kappa shape index (κ1) is 27.9. The highest BCUT2D eigenvalue weighted by Gasteiger charge is 2.37. The van der Waals surface area contributed by atoms with E-state index in [1.54, 1.807) is 0 Å². The molecule has 0 aliphatic heterocycles. The third-order valence-corrected chi connectivity index (χ3v) is 5.86. The van der Waals surface area contributed by atoms with E-state index in [1.807, 2.05) is 0 Å². The van der Waals surface area contributed by atoms with Gasteiger partial charge < -0.3 is 14.9 Å². The second-order valence-corrected chi connectivity index (χ2v) is 8.37. The van der Waals surface area contributed by atoms with Crippen LogP contribution in [0.4, 0.5) is 0 Å². The van der Waals surface area contributed by atoms with E-state index < -0.39 is 0 Å². The van der Waals surface area contributed by atoms with Crippen LogP contribution in [0.2, 0.25) is 0 Å². The number of hydrogen-bond donors (Lipinski definition) is 0. The van der Waals surface area contributed by atoms with Crippen LogP contribution in [0.15, 0.2) is 0 Å². The molecular formula is C24H46O5. The van der Waals surface area contributed by atoms with Gasteiger partial charge in [0.15, 0.2) is 0 Å². The summed E-state index contributed by atoms with van der Waals surface area (Å²) in [5, 5.41) is 0. The molecule has 5 nitrogen and oxygen atoms in total. The van der Waals surface area contributed by atoms with Gasteiger partial charge in [0.25, 0.3) is 0 Å². The Morgan fingerprint density at radius 1 is 0.621 bits per heavy atom. The smallest absolute Gasteiger partial charge is 0.309 e. The maximum atomic E-state index is 12.5. The van der Waals surface area contributed by atoms with E-state index in [1.165, 1.54) is 51.4 Å². The molecule has 0 aromatic carbocycles. The van der Waals surface area contributed by atoms with Gasteiger partial charge in [-0.3, -0.25) is 9.59 Å². The lowest BCUT2D eigenvalue weighted by molar-refractivity contribution is -0.163. The molecule has 172 valence electrons. The van der Waals surface area contributed by atoms with Crippen molar-refractivity contribution in [1.82, 2.24) is 0 Å². The summed E-state index contributed by atoms with van der Waals surface area (Å²) in [7, 11) is 0. The van der Waals surface area contributed by atoms with Gasteiger partial charge in [0.1, 0.15) is 0 Å². The van der Waals surface area contributed by atoms with Crippen molar-refractivity contribution in [2.24, 2.45) is 11.8 Å². The minimum absolute atomic E-state index is 0. The SMILES string of the molecule is CCCCCCCCOC(=O)C1CCCCC1C(=O)OCCCCCCCC.O. The molecule has 1 fully saturated rings. The lowest BCUT2D eigenvalue weighted by atomic mass is 9.79. The van der Waals surface area contributed by atoms with Gasteiger partial charge in [-0.1, -0.05) is 90.9 Å². The summed E-state index contributed by atoms with van der Waals surface area (Å²) in [5.74, 6) is -0.971. The fourth-order valence-electron chi connectivity index (χ4n) is 4.02. The van der Waals surface area contributed by atoms with Gasteiger partial charge >= 0.3 is 11.9 Å². The Bertz CT molecular complexity index is 372. The summed E-state index contributed by atoms with van der Waals surface area (Å²) in [5.41, 5.74) is 0. The van der Waals surface area contributed by atoms with Gasteiger partial charge in [-0.15, -0.1) is 0 Å². The Morgan fingerprint density at radius 3 is 1.34 bits per heavy atom. The first-order valence-corrected chi connectivity index (χ1v) is 12.0. The largest absolute Gasteiger partial charge is 0.465 e. The van der Waals surface area contributed by atoms with Gasteiger partial charge in [0, 0.05) is 0 Å². The van der Waals surface area contributed by atoms with Crippen molar-refractivity contribution < 1.29 is 24.5 Å². The van der Waals surface area contributed by atoms with Gasteiger partial charge in [-0.2, -0.15) is 0 Å². The Balaban J connectivity index is 0.00000784. The molecule has 29 heavy (non-hydrogen) atoms. The van der Waals surface area contributed by atoms with Crippen LogP contribution in [0.25, 0.3) is 0 Å². The average Bonchev–Trinajstić information content (AvgIpc) is 2.72. The third kappa shape index (κ3) is 12.9. The zero-order valence-electron chi connectivity index (χ0n) is 19.0. The van der Waals surface area contributed by atoms with Crippen molar-refractivity contribution in [2.75, 3.05) is 13.2 Å². The van der Waals surface area contributed by atoms with Crippen molar-refractivity contribution in [3.63, 3.8) is 0 Å². The monoisotopic (exact) mass is 414 g/mol. The van der Waals surface area contributed by atoms with Crippen LogP contribution in [-0.2, 0) is 19.1 Å². The van der Waals surface area contributed by atoms with E-state index in [4.69, 9.17) is 9.47 Å². The molecule has 1 rings (SSSR count). The van der Waals surface area contributed by atoms with E-state index in [9.17, 15) is 9.59 Å². The number of carbonyl (C=O) groups is 2. The van der Waals surface area contributed by atoms with Crippen LogP contribution in [-0.4, -0.2) is 30.6 Å². The minimum atomic E-state index is -0.300. The topological polar surface area (TPSA) is 84.1 Å². The maximum absolute atomic E-state index is 12.5. The standard InChI is InChI=1S/C24H44O4.H2O/c1-3-5-7-9-11-15-19-27-23(25)21-17-13-14-18-22(21)24(26)28-20-16-12-10-8-6-4-2;/h21-22H,3-20H2,1-2H3;1H2. The molecule has 0 amide bonds. The van der Waals surface area contributed by atoms with Crippen LogP contribution in [0.5, 0.6) is 0 Å². The predicted octanol–water partition coefficient (Wildman–Crippen LogP) is 5.78. The van der Waals surface area contributed by atoms with E-state index in [-0.39, 0.29) is 29.3 Å². The Kier molecular flexibility index (Phi) is 18.2. The van der Waals surface area contributed by atoms with Gasteiger partial charge in [0.2, 0.25) is 0 Å². The average molecular weight is 415 g/mol. The first-order chi connectivity index (χ1) is 13.7. The molecule has 0 spiro atoms. The molecule has 0 aromatic heterocycles. The summed E-state index contributed by atoms with van der Waals surface area (Å²) in [4.78, 5) is 25.0. The maximum Gasteiger partial charge on any atom is 0.309 e. The lowest BCUT2D eigenvalue weighted by Crippen LogP contribution is -2.35. The van der Waals surface area contributed by atoms with Crippen LogP contribution in [0.1, 0.15) is 117 Å². The van der Waals surface area contributed by atoms with Gasteiger partial charge in [-0.05, 0) is 25.7 Å². The van der Waals surface area contributed by atoms with Crippen molar-refractivity contribution in [2.45, 2.75) is 117 Å². The third-order valence-electron chi connectivity index (χ3n) is 5.86. The van der Waals surface area contributed by atoms with E-state index in [0.29, 0.717) is 13.2 Å². The number of hydrogen-bond acceptors (Lipinski definition) is 4. The number of rotatable bonds is 16. The van der Waals surface area contributed by atoms with Crippen molar-refractivity contribution in [1.29, 1.82) is 0 Å². The van der Waals surface area contributed by atoms with Crippen molar-refractivity contribution in [3.8, 4) is 0 Å². The van der Waals surface area contributed by atoms with Crippen molar-refractivity contribution in [3.05, 3.63) is 0 Å². The first-order valence-electron chi connectivity index (χ1n) is 12.0. The lowest BCUT2D eigenvalue weighted by Gasteiger charge is -2.28. The van der Waals surface area contributed by atoms with Crippen LogP contribution in [0.3, 0.4) is 0 Å². The molecule has 1 aliphatic rings. The molecule has 2 N–H and O–H groups in total. The summed E-state index contributed by atoms with van der Waals surface area (Å²) >= 11 is 0. The van der Waals surface area contributed by atoms with Crippen LogP contribution >= 0.6 is 0 Å². The van der Waals surface area contributed by atoms with Gasteiger partial charge in [0.05, 0.1) is 25.0 Å². The Hall–Kier alpha value is -1.10. The number of ether oxygens (including phenoxy) is 2. The predicted molar refractivity (Wildman–Crippen MR) is 118 cm³/mol. The molecule has 2 unspecified atom stereocenters. The molecule has 0 bridgehead atoms. The molecule has 2 atom stereocenters. The quantitative estimate of drug-likeness (QED) is 0.237. The summed E-state index contributed by atoms with van der Waals surface area (Å²) < 4.78 is 11.0. The molecule has 1 saturated carbocycles. The molecule has 5 heteroatoms. The minimum Gasteiger partial charge on any atom is -0.465 e. The molecule has 0 heterocycles. The zero-order chi connectivity index (χ0) is 20.5. The van der Waals surface area contributed by atoms with Gasteiger partial charge in [-0.25, -0.2) is 0 Å². The highest BCUT2D eigenvalue weighted by Crippen LogP contribution is 2.32. The highest BCUT2D eigenvalue weighted by atomic mass is 16.5. The fraction of sp³-hybridized carbons (Fsp3) is 0.917. The molecular weight excluding hydrogens is 368 g/mol. The van der Waals surface area contributed by atoms with Crippen LogP contribution < -0.4 is 0 Å². The Labute approximate surface area is 178 Å².